The van der Waals surface area contributed by atoms with Gasteiger partial charge < -0.3 is 10.8 Å². The molecule has 1 rings (SSSR count). The summed E-state index contributed by atoms with van der Waals surface area (Å²) in [6, 6.07) is -0.791. The van der Waals surface area contributed by atoms with Crippen LogP contribution in [-0.4, -0.2) is 17.1 Å². The summed E-state index contributed by atoms with van der Waals surface area (Å²) in [4.78, 5) is 10.5. The van der Waals surface area contributed by atoms with Gasteiger partial charge in [0.1, 0.15) is 6.04 Å². The molecule has 0 saturated carbocycles. The van der Waals surface area contributed by atoms with Gasteiger partial charge in [0.15, 0.2) is 0 Å². The largest absolute Gasteiger partial charge is 0.480 e. The fourth-order valence-electron chi connectivity index (χ4n) is 1.21. The van der Waals surface area contributed by atoms with Gasteiger partial charge in [-0.15, -0.1) is 0 Å². The van der Waals surface area contributed by atoms with Gasteiger partial charge in [-0.3, -0.25) is 4.79 Å². The van der Waals surface area contributed by atoms with Crippen molar-refractivity contribution in [2.45, 2.75) is 25.3 Å². The van der Waals surface area contributed by atoms with E-state index in [1.165, 1.54) is 0 Å². The van der Waals surface area contributed by atoms with Gasteiger partial charge in [-0.25, -0.2) is 0 Å². The second-order valence-electron chi connectivity index (χ2n) is 3.06. The average molecular weight is 246 g/mol. The highest BCUT2D eigenvalue weighted by molar-refractivity contribution is 9.11. The van der Waals surface area contributed by atoms with Crippen molar-refractivity contribution in [2.75, 3.05) is 0 Å². The van der Waals surface area contributed by atoms with E-state index in [0.29, 0.717) is 6.42 Å². The van der Waals surface area contributed by atoms with Gasteiger partial charge in [-0.2, -0.15) is 0 Å². The first kappa shape index (κ1) is 10.5. The molecule has 1 unspecified atom stereocenters. The maximum atomic E-state index is 10.5. The Morgan fingerprint density at radius 2 is 2.46 bits per heavy atom. The molecule has 72 valence electrons. The van der Waals surface area contributed by atoms with Crippen molar-refractivity contribution >= 4 is 21.9 Å². The maximum absolute atomic E-state index is 10.5. The zero-order valence-corrected chi connectivity index (χ0v) is 8.75. The molecular formula is C9H12BrNO2. The maximum Gasteiger partial charge on any atom is 0.320 e. The van der Waals surface area contributed by atoms with E-state index in [0.717, 1.165) is 22.9 Å². The van der Waals surface area contributed by atoms with Gasteiger partial charge in [-0.1, -0.05) is 22.0 Å². The Kier molecular flexibility index (Phi) is 3.69. The number of aliphatic carboxylic acids is 1. The predicted octanol–water partition coefficient (Wildman–Crippen LogP) is 1.79. The first-order valence-electron chi connectivity index (χ1n) is 4.13. The topological polar surface area (TPSA) is 63.3 Å². The van der Waals surface area contributed by atoms with Crippen molar-refractivity contribution in [3.63, 3.8) is 0 Å². The molecule has 0 aromatic heterocycles. The SMILES string of the molecule is NC(CC1=CCCC(Br)=C1)C(=O)O. The summed E-state index contributed by atoms with van der Waals surface area (Å²) in [7, 11) is 0. The molecule has 1 atom stereocenters. The lowest BCUT2D eigenvalue weighted by Crippen LogP contribution is -2.30. The average Bonchev–Trinajstić information content (AvgIpc) is 2.04. The van der Waals surface area contributed by atoms with Gasteiger partial charge in [0.25, 0.3) is 0 Å². The van der Waals surface area contributed by atoms with Crippen LogP contribution in [0.1, 0.15) is 19.3 Å². The molecule has 0 spiro atoms. The number of rotatable bonds is 3. The Balaban J connectivity index is 2.55. The molecule has 1 aliphatic rings. The lowest BCUT2D eigenvalue weighted by molar-refractivity contribution is -0.138. The summed E-state index contributed by atoms with van der Waals surface area (Å²) in [6.07, 6.45) is 6.34. The molecule has 0 aromatic rings. The molecule has 1 aliphatic carbocycles. The summed E-state index contributed by atoms with van der Waals surface area (Å²) >= 11 is 3.39. The van der Waals surface area contributed by atoms with E-state index >= 15 is 0 Å². The molecule has 0 aromatic carbocycles. The molecule has 0 aliphatic heterocycles. The summed E-state index contributed by atoms with van der Waals surface area (Å²) in [5.74, 6) is -0.948. The number of carboxylic acids is 1. The zero-order chi connectivity index (χ0) is 9.84. The lowest BCUT2D eigenvalue weighted by atomic mass is 10.0. The standard InChI is InChI=1S/C9H12BrNO2/c10-7-3-1-2-6(4-7)5-8(11)9(12)13/h2,4,8H,1,3,5,11H2,(H,12,13). The summed E-state index contributed by atoms with van der Waals surface area (Å²) in [5.41, 5.74) is 6.42. The van der Waals surface area contributed by atoms with Crippen molar-refractivity contribution in [3.05, 3.63) is 22.2 Å². The van der Waals surface area contributed by atoms with Gasteiger partial charge >= 0.3 is 5.97 Å². The van der Waals surface area contributed by atoms with E-state index in [1.807, 2.05) is 12.2 Å². The van der Waals surface area contributed by atoms with E-state index in [9.17, 15) is 4.79 Å². The molecule has 0 amide bonds. The Labute approximate surface area is 85.4 Å². The van der Waals surface area contributed by atoms with Crippen molar-refractivity contribution < 1.29 is 9.90 Å². The summed E-state index contributed by atoms with van der Waals surface area (Å²) in [6.45, 7) is 0. The highest BCUT2D eigenvalue weighted by atomic mass is 79.9. The quantitative estimate of drug-likeness (QED) is 0.797. The number of nitrogens with two attached hydrogens (primary N) is 1. The van der Waals surface area contributed by atoms with Crippen LogP contribution in [0.5, 0.6) is 0 Å². The second-order valence-corrected chi connectivity index (χ2v) is 4.08. The second kappa shape index (κ2) is 4.58. The Bertz CT molecular complexity index is 271. The number of halogens is 1. The molecule has 0 radical (unpaired) electrons. The molecule has 3 nitrogen and oxygen atoms in total. The Morgan fingerprint density at radius 3 is 3.00 bits per heavy atom. The third-order valence-corrected chi connectivity index (χ3v) is 2.53. The number of carboxylic acid groups (broad SMARTS) is 1. The van der Waals surface area contributed by atoms with E-state index < -0.39 is 12.0 Å². The summed E-state index contributed by atoms with van der Waals surface area (Å²) in [5, 5.41) is 8.59. The minimum Gasteiger partial charge on any atom is -0.480 e. The van der Waals surface area contributed by atoms with Crippen LogP contribution in [0.2, 0.25) is 0 Å². The molecular weight excluding hydrogens is 234 g/mol. The van der Waals surface area contributed by atoms with Crippen LogP contribution in [0, 0.1) is 0 Å². The summed E-state index contributed by atoms with van der Waals surface area (Å²) < 4.78 is 1.11. The van der Waals surface area contributed by atoms with E-state index in [1.54, 1.807) is 0 Å². The van der Waals surface area contributed by atoms with E-state index in [2.05, 4.69) is 15.9 Å². The molecule has 0 saturated heterocycles. The number of hydrogen-bond donors (Lipinski definition) is 2. The molecule has 0 bridgehead atoms. The molecule has 4 heteroatoms. The van der Waals surface area contributed by atoms with Crippen molar-refractivity contribution in [3.8, 4) is 0 Å². The fraction of sp³-hybridized carbons (Fsp3) is 0.444. The molecule has 0 heterocycles. The smallest absolute Gasteiger partial charge is 0.320 e. The van der Waals surface area contributed by atoms with Gasteiger partial charge in [0.2, 0.25) is 0 Å². The molecule has 0 fully saturated rings. The van der Waals surface area contributed by atoms with Crippen LogP contribution < -0.4 is 5.73 Å². The van der Waals surface area contributed by atoms with E-state index in [4.69, 9.17) is 10.8 Å². The van der Waals surface area contributed by atoms with Crippen LogP contribution in [0.25, 0.3) is 0 Å². The van der Waals surface area contributed by atoms with Gasteiger partial charge in [0, 0.05) is 0 Å². The predicted molar refractivity (Wildman–Crippen MR) is 54.6 cm³/mol. The normalized spacial score (nSPS) is 18.9. The van der Waals surface area contributed by atoms with Crippen LogP contribution in [-0.2, 0) is 4.79 Å². The molecule has 13 heavy (non-hydrogen) atoms. The van der Waals surface area contributed by atoms with Crippen LogP contribution in [0.15, 0.2) is 22.2 Å². The zero-order valence-electron chi connectivity index (χ0n) is 7.16. The first-order chi connectivity index (χ1) is 6.09. The highest BCUT2D eigenvalue weighted by Crippen LogP contribution is 2.23. The number of allylic oxidation sites excluding steroid dienone is 3. The Hall–Kier alpha value is -0.610. The van der Waals surface area contributed by atoms with Crippen molar-refractivity contribution in [1.29, 1.82) is 0 Å². The van der Waals surface area contributed by atoms with Gasteiger partial charge in [0.05, 0.1) is 0 Å². The third-order valence-electron chi connectivity index (χ3n) is 1.90. The monoisotopic (exact) mass is 245 g/mol. The van der Waals surface area contributed by atoms with Crippen LogP contribution in [0.3, 0.4) is 0 Å². The molecule has 3 N–H and O–H groups in total. The van der Waals surface area contributed by atoms with Crippen molar-refractivity contribution in [2.24, 2.45) is 5.73 Å². The van der Waals surface area contributed by atoms with Crippen molar-refractivity contribution in [1.82, 2.24) is 0 Å². The van der Waals surface area contributed by atoms with Crippen LogP contribution in [0.4, 0.5) is 0 Å². The lowest BCUT2D eigenvalue weighted by Gasteiger charge is -2.11. The minimum atomic E-state index is -0.948. The fourth-order valence-corrected chi connectivity index (χ4v) is 1.73. The Morgan fingerprint density at radius 1 is 1.77 bits per heavy atom. The highest BCUT2D eigenvalue weighted by Gasteiger charge is 2.14. The number of hydrogen-bond acceptors (Lipinski definition) is 2. The minimum absolute atomic E-state index is 0.407. The third kappa shape index (κ3) is 3.32. The van der Waals surface area contributed by atoms with Gasteiger partial charge in [-0.05, 0) is 35.4 Å². The van der Waals surface area contributed by atoms with Crippen LogP contribution >= 0.6 is 15.9 Å². The van der Waals surface area contributed by atoms with E-state index in [-0.39, 0.29) is 0 Å². The first-order valence-corrected chi connectivity index (χ1v) is 4.92. The number of carbonyl (C=O) groups is 1.